The standard InChI is InChI=1S/C20H27ClN2O3S/c1-19(2)15-6-7-20(19,18(24)12-15)14-27(25,26)23-10-8-22(9-11-23)17-5-3-4-16(21)13-17/h3-5,13,15H,6-12,14H2,1-2H3/t15-,20-/m0/s1. The van der Waals surface area contributed by atoms with Crippen LogP contribution in [-0.4, -0.2) is 50.4 Å². The Morgan fingerprint density at radius 1 is 1.19 bits per heavy atom. The van der Waals surface area contributed by atoms with Gasteiger partial charge >= 0.3 is 0 Å². The van der Waals surface area contributed by atoms with Crippen LogP contribution in [0.4, 0.5) is 5.69 Å². The summed E-state index contributed by atoms with van der Waals surface area (Å²) in [4.78, 5) is 14.9. The molecule has 7 heteroatoms. The van der Waals surface area contributed by atoms with Crippen LogP contribution in [0.15, 0.2) is 24.3 Å². The van der Waals surface area contributed by atoms with Crippen molar-refractivity contribution in [3.05, 3.63) is 29.3 Å². The van der Waals surface area contributed by atoms with E-state index in [-0.39, 0.29) is 17.0 Å². The minimum Gasteiger partial charge on any atom is -0.369 e. The second kappa shape index (κ2) is 6.46. The Kier molecular flexibility index (Phi) is 4.60. The molecule has 1 aliphatic heterocycles. The highest BCUT2D eigenvalue weighted by Crippen LogP contribution is 2.64. The molecule has 2 bridgehead atoms. The lowest BCUT2D eigenvalue weighted by molar-refractivity contribution is -0.128. The lowest BCUT2D eigenvalue weighted by Crippen LogP contribution is -2.52. The van der Waals surface area contributed by atoms with E-state index in [1.54, 1.807) is 4.31 Å². The number of piperazine rings is 1. The Labute approximate surface area is 166 Å². The molecule has 2 atom stereocenters. The maximum atomic E-state index is 13.2. The van der Waals surface area contributed by atoms with Crippen molar-refractivity contribution in [2.24, 2.45) is 16.7 Å². The number of hydrogen-bond donors (Lipinski definition) is 0. The number of hydrogen-bond acceptors (Lipinski definition) is 4. The Hall–Kier alpha value is -1.11. The van der Waals surface area contributed by atoms with Gasteiger partial charge in [-0.1, -0.05) is 31.5 Å². The largest absolute Gasteiger partial charge is 0.369 e. The number of anilines is 1. The molecule has 3 fully saturated rings. The topological polar surface area (TPSA) is 57.7 Å². The average molecular weight is 411 g/mol. The number of nitrogens with zero attached hydrogens (tertiary/aromatic N) is 2. The molecule has 27 heavy (non-hydrogen) atoms. The number of rotatable bonds is 4. The zero-order chi connectivity index (χ0) is 19.4. The Morgan fingerprint density at radius 2 is 1.89 bits per heavy atom. The zero-order valence-corrected chi connectivity index (χ0v) is 17.5. The Morgan fingerprint density at radius 3 is 2.44 bits per heavy atom. The SMILES string of the molecule is CC1(C)[C@H]2CC[C@]1(CS(=O)(=O)N1CCN(c3cccc(Cl)c3)CC1)C(=O)C2. The molecule has 0 unspecified atom stereocenters. The molecule has 1 saturated heterocycles. The molecule has 1 aromatic carbocycles. The van der Waals surface area contributed by atoms with Crippen LogP contribution >= 0.6 is 11.6 Å². The maximum absolute atomic E-state index is 13.2. The molecule has 0 spiro atoms. The Bertz CT molecular complexity index is 862. The molecule has 3 aliphatic rings. The van der Waals surface area contributed by atoms with Gasteiger partial charge in [0, 0.05) is 48.7 Å². The molecule has 0 radical (unpaired) electrons. The summed E-state index contributed by atoms with van der Waals surface area (Å²) in [7, 11) is -3.47. The number of benzene rings is 1. The van der Waals surface area contributed by atoms with Crippen LogP contribution in [-0.2, 0) is 14.8 Å². The Balaban J connectivity index is 1.47. The highest BCUT2D eigenvalue weighted by Gasteiger charge is 2.65. The fraction of sp³-hybridized carbons (Fsp3) is 0.650. The van der Waals surface area contributed by atoms with Gasteiger partial charge in [0.2, 0.25) is 10.0 Å². The van der Waals surface area contributed by atoms with E-state index in [0.29, 0.717) is 50.0 Å². The summed E-state index contributed by atoms with van der Waals surface area (Å²) in [6.45, 7) is 6.33. The van der Waals surface area contributed by atoms with Gasteiger partial charge in [0.05, 0.1) is 5.75 Å². The summed E-state index contributed by atoms with van der Waals surface area (Å²) in [6.07, 6.45) is 2.23. The van der Waals surface area contributed by atoms with E-state index in [1.807, 2.05) is 24.3 Å². The molecular formula is C20H27ClN2O3S. The second-order valence-corrected chi connectivity index (χ2v) is 11.2. The molecule has 148 valence electrons. The van der Waals surface area contributed by atoms with Crippen molar-refractivity contribution in [1.29, 1.82) is 0 Å². The summed E-state index contributed by atoms with van der Waals surface area (Å²) < 4.78 is 28.0. The van der Waals surface area contributed by atoms with Crippen LogP contribution < -0.4 is 4.90 Å². The van der Waals surface area contributed by atoms with Crippen molar-refractivity contribution < 1.29 is 13.2 Å². The van der Waals surface area contributed by atoms with Gasteiger partial charge in [-0.05, 0) is 42.4 Å². The summed E-state index contributed by atoms with van der Waals surface area (Å²) >= 11 is 6.07. The number of halogens is 1. The normalized spacial score (nSPS) is 30.9. The number of carbonyl (C=O) groups excluding carboxylic acids is 1. The van der Waals surface area contributed by atoms with Crippen molar-refractivity contribution >= 4 is 33.1 Å². The van der Waals surface area contributed by atoms with Crippen molar-refractivity contribution in [2.75, 3.05) is 36.8 Å². The number of sulfonamides is 1. The van der Waals surface area contributed by atoms with Crippen LogP contribution in [0.3, 0.4) is 0 Å². The molecule has 2 saturated carbocycles. The van der Waals surface area contributed by atoms with E-state index in [1.165, 1.54) is 0 Å². The summed E-state index contributed by atoms with van der Waals surface area (Å²) in [5, 5.41) is 0.680. The minimum atomic E-state index is -3.47. The number of ketones is 1. The molecule has 0 N–H and O–H groups in total. The number of carbonyl (C=O) groups is 1. The minimum absolute atomic E-state index is 0.0283. The van der Waals surface area contributed by atoms with Crippen molar-refractivity contribution in [2.45, 2.75) is 33.1 Å². The van der Waals surface area contributed by atoms with Gasteiger partial charge in [-0.3, -0.25) is 4.79 Å². The van der Waals surface area contributed by atoms with Crippen LogP contribution in [0.5, 0.6) is 0 Å². The fourth-order valence-electron chi connectivity index (χ4n) is 5.41. The van der Waals surface area contributed by atoms with Gasteiger partial charge in [-0.15, -0.1) is 0 Å². The molecule has 0 aromatic heterocycles. The van der Waals surface area contributed by atoms with Gasteiger partial charge in [0.25, 0.3) is 0 Å². The van der Waals surface area contributed by atoms with Crippen LogP contribution in [0.2, 0.25) is 5.02 Å². The third-order valence-corrected chi connectivity index (χ3v) is 9.62. The van der Waals surface area contributed by atoms with Gasteiger partial charge in [0.1, 0.15) is 5.78 Å². The first-order valence-corrected chi connectivity index (χ1v) is 11.7. The van der Waals surface area contributed by atoms with Crippen LogP contribution in [0, 0.1) is 16.7 Å². The van der Waals surface area contributed by atoms with Gasteiger partial charge in [-0.25, -0.2) is 8.42 Å². The van der Waals surface area contributed by atoms with Crippen molar-refractivity contribution in [3.8, 4) is 0 Å². The average Bonchev–Trinajstić information content (AvgIpc) is 2.96. The van der Waals surface area contributed by atoms with Crippen molar-refractivity contribution in [1.82, 2.24) is 4.31 Å². The lowest BCUT2D eigenvalue weighted by atomic mass is 9.70. The number of fused-ring (bicyclic) bond motifs is 2. The summed E-state index contributed by atoms with van der Waals surface area (Å²) in [5.74, 6) is 0.462. The lowest BCUT2D eigenvalue weighted by Gasteiger charge is -2.40. The summed E-state index contributed by atoms with van der Waals surface area (Å²) in [6, 6.07) is 7.64. The smallest absolute Gasteiger partial charge is 0.215 e. The van der Waals surface area contributed by atoms with E-state index in [2.05, 4.69) is 18.7 Å². The third-order valence-electron chi connectivity index (χ3n) is 7.37. The van der Waals surface area contributed by atoms with Gasteiger partial charge in [0.15, 0.2) is 0 Å². The zero-order valence-electron chi connectivity index (χ0n) is 15.9. The predicted octanol–water partition coefficient (Wildman–Crippen LogP) is 3.19. The van der Waals surface area contributed by atoms with E-state index in [0.717, 1.165) is 12.1 Å². The van der Waals surface area contributed by atoms with Crippen LogP contribution in [0.25, 0.3) is 0 Å². The molecule has 1 heterocycles. The third kappa shape index (κ3) is 3.00. The first kappa shape index (κ1) is 19.2. The fourth-order valence-corrected chi connectivity index (χ4v) is 7.79. The predicted molar refractivity (Wildman–Crippen MR) is 108 cm³/mol. The highest BCUT2D eigenvalue weighted by atomic mass is 35.5. The number of Topliss-reactive ketones (excluding diaryl/α,β-unsaturated/α-hetero) is 1. The molecule has 5 nitrogen and oxygen atoms in total. The highest BCUT2D eigenvalue weighted by molar-refractivity contribution is 7.89. The summed E-state index contributed by atoms with van der Waals surface area (Å²) in [5.41, 5.74) is 0.101. The molecular weight excluding hydrogens is 384 g/mol. The maximum Gasteiger partial charge on any atom is 0.215 e. The van der Waals surface area contributed by atoms with Gasteiger partial charge < -0.3 is 4.90 Å². The van der Waals surface area contributed by atoms with E-state index >= 15 is 0 Å². The monoisotopic (exact) mass is 410 g/mol. The first-order valence-electron chi connectivity index (χ1n) is 9.67. The van der Waals surface area contributed by atoms with E-state index in [4.69, 9.17) is 11.6 Å². The first-order chi connectivity index (χ1) is 12.7. The van der Waals surface area contributed by atoms with Crippen molar-refractivity contribution in [3.63, 3.8) is 0 Å². The van der Waals surface area contributed by atoms with Gasteiger partial charge in [-0.2, -0.15) is 4.31 Å². The molecule has 1 aromatic rings. The molecule has 4 rings (SSSR count). The van der Waals surface area contributed by atoms with Crippen LogP contribution in [0.1, 0.15) is 33.1 Å². The quantitative estimate of drug-likeness (QED) is 0.764. The second-order valence-electron chi connectivity index (χ2n) is 8.79. The van der Waals surface area contributed by atoms with E-state index < -0.39 is 15.4 Å². The molecule has 0 amide bonds. The van der Waals surface area contributed by atoms with E-state index in [9.17, 15) is 13.2 Å². The molecule has 2 aliphatic carbocycles.